The summed E-state index contributed by atoms with van der Waals surface area (Å²) in [6.07, 6.45) is 11.8. The fraction of sp³-hybridized carbons (Fsp3) is 0.371. The number of piperidine rings is 1. The van der Waals surface area contributed by atoms with Crippen molar-refractivity contribution in [2.45, 2.75) is 51.4 Å². The number of nitrogens with zero attached hydrogens (tertiary/aromatic N) is 1. The molecule has 2 nitrogen and oxygen atoms in total. The van der Waals surface area contributed by atoms with E-state index in [1.165, 1.54) is 36.6 Å². The lowest BCUT2D eigenvalue weighted by atomic mass is 9.67. The molecule has 3 heteroatoms. The standard InChI is InChI=1S/C35H39FN2/c1-5-28-7-6-8-31(22-28)30-11-13-32(14-12-30)35(17-19-38(20-18-35)24-29-9-10-29)23-26(3)27(4)37-33-15-16-34(36)25(2)21-33/h1,6-8,11-16,21-22,26,29,37H,4,9-10,17-20,23-24H2,2-3H3. The monoisotopic (exact) mass is 506 g/mol. The highest BCUT2D eigenvalue weighted by atomic mass is 19.1. The van der Waals surface area contributed by atoms with E-state index in [4.69, 9.17) is 6.42 Å². The van der Waals surface area contributed by atoms with Crippen molar-refractivity contribution in [3.8, 4) is 23.5 Å². The number of nitrogens with one attached hydrogen (secondary N) is 1. The second kappa shape index (κ2) is 11.2. The summed E-state index contributed by atoms with van der Waals surface area (Å²) in [6, 6.07) is 22.5. The molecular weight excluding hydrogens is 467 g/mol. The lowest BCUT2D eigenvalue weighted by molar-refractivity contribution is 0.139. The molecule has 0 radical (unpaired) electrons. The summed E-state index contributed by atoms with van der Waals surface area (Å²) >= 11 is 0. The number of benzene rings is 3. The Bertz CT molecular complexity index is 1320. The number of hydrogen-bond acceptors (Lipinski definition) is 2. The summed E-state index contributed by atoms with van der Waals surface area (Å²) in [7, 11) is 0. The Morgan fingerprint density at radius 2 is 1.82 bits per heavy atom. The summed E-state index contributed by atoms with van der Waals surface area (Å²) in [4.78, 5) is 2.68. The number of allylic oxidation sites excluding steroid dienone is 1. The van der Waals surface area contributed by atoms with Crippen molar-refractivity contribution in [3.63, 3.8) is 0 Å². The van der Waals surface area contributed by atoms with Crippen LogP contribution in [0.4, 0.5) is 10.1 Å². The van der Waals surface area contributed by atoms with Crippen molar-refractivity contribution in [1.29, 1.82) is 0 Å². The third-order valence-electron chi connectivity index (χ3n) is 8.64. The van der Waals surface area contributed by atoms with Crippen LogP contribution in [0, 0.1) is 36.9 Å². The number of halogens is 1. The third kappa shape index (κ3) is 6.03. The second-order valence-electron chi connectivity index (χ2n) is 11.5. The van der Waals surface area contributed by atoms with E-state index in [1.807, 2.05) is 18.2 Å². The van der Waals surface area contributed by atoms with Crippen molar-refractivity contribution in [2.75, 3.05) is 25.0 Å². The Morgan fingerprint density at radius 1 is 1.08 bits per heavy atom. The quantitative estimate of drug-likeness (QED) is 0.294. The average Bonchev–Trinajstić information content (AvgIpc) is 3.76. The summed E-state index contributed by atoms with van der Waals surface area (Å²) < 4.78 is 13.8. The number of anilines is 1. The predicted octanol–water partition coefficient (Wildman–Crippen LogP) is 8.18. The Balaban J connectivity index is 1.35. The van der Waals surface area contributed by atoms with Gasteiger partial charge in [-0.15, -0.1) is 6.42 Å². The Hall–Kier alpha value is -3.35. The maximum Gasteiger partial charge on any atom is 0.126 e. The molecule has 196 valence electrons. The first-order valence-electron chi connectivity index (χ1n) is 14.0. The van der Waals surface area contributed by atoms with Crippen LogP contribution in [-0.2, 0) is 5.41 Å². The largest absolute Gasteiger partial charge is 0.359 e. The fourth-order valence-electron chi connectivity index (χ4n) is 5.98. The van der Waals surface area contributed by atoms with Crippen LogP contribution in [-0.4, -0.2) is 24.5 Å². The van der Waals surface area contributed by atoms with Gasteiger partial charge in [0.2, 0.25) is 0 Å². The molecule has 3 aromatic rings. The molecule has 1 atom stereocenters. The van der Waals surface area contributed by atoms with Gasteiger partial charge in [0.05, 0.1) is 0 Å². The van der Waals surface area contributed by atoms with Gasteiger partial charge in [-0.25, -0.2) is 4.39 Å². The minimum absolute atomic E-state index is 0.0992. The molecule has 38 heavy (non-hydrogen) atoms. The van der Waals surface area contributed by atoms with Gasteiger partial charge < -0.3 is 10.2 Å². The molecule has 5 rings (SSSR count). The van der Waals surface area contributed by atoms with Gasteiger partial charge in [0, 0.05) is 23.5 Å². The number of likely N-dealkylation sites (tertiary alicyclic amines) is 1. The first-order chi connectivity index (χ1) is 18.3. The first-order valence-corrected chi connectivity index (χ1v) is 14.0. The molecule has 1 aliphatic carbocycles. The van der Waals surface area contributed by atoms with Gasteiger partial charge in [-0.05, 0) is 122 Å². The van der Waals surface area contributed by atoms with E-state index >= 15 is 0 Å². The molecule has 0 bridgehead atoms. The fourth-order valence-corrected chi connectivity index (χ4v) is 5.98. The summed E-state index contributed by atoms with van der Waals surface area (Å²) in [5.74, 6) is 3.75. The van der Waals surface area contributed by atoms with Crippen LogP contribution in [0.2, 0.25) is 0 Å². The summed E-state index contributed by atoms with van der Waals surface area (Å²) in [5.41, 5.74) is 7.29. The molecule has 1 aliphatic heterocycles. The van der Waals surface area contributed by atoms with E-state index < -0.39 is 0 Å². The normalized spacial score (nSPS) is 17.9. The van der Waals surface area contributed by atoms with Gasteiger partial charge in [-0.2, -0.15) is 0 Å². The van der Waals surface area contributed by atoms with Crippen molar-refractivity contribution in [1.82, 2.24) is 4.90 Å². The van der Waals surface area contributed by atoms with Gasteiger partial charge in [0.1, 0.15) is 5.82 Å². The van der Waals surface area contributed by atoms with Gasteiger partial charge in [-0.3, -0.25) is 0 Å². The Kier molecular flexibility index (Phi) is 7.73. The molecule has 1 unspecified atom stereocenters. The van der Waals surface area contributed by atoms with E-state index in [9.17, 15) is 4.39 Å². The lowest BCUT2D eigenvalue weighted by Gasteiger charge is -2.44. The van der Waals surface area contributed by atoms with Gasteiger partial charge in [0.25, 0.3) is 0 Å². The van der Waals surface area contributed by atoms with Gasteiger partial charge in [0.15, 0.2) is 0 Å². The van der Waals surface area contributed by atoms with E-state index in [1.54, 1.807) is 13.0 Å². The molecule has 0 aromatic heterocycles. The zero-order chi connectivity index (χ0) is 26.7. The molecule has 0 spiro atoms. The second-order valence-corrected chi connectivity index (χ2v) is 11.5. The number of rotatable bonds is 9. The highest BCUT2D eigenvalue weighted by Gasteiger charge is 2.39. The number of aryl methyl sites for hydroxylation is 1. The maximum atomic E-state index is 13.8. The molecule has 1 heterocycles. The van der Waals surface area contributed by atoms with Crippen molar-refractivity contribution < 1.29 is 4.39 Å². The molecule has 3 aromatic carbocycles. The van der Waals surface area contributed by atoms with Gasteiger partial charge >= 0.3 is 0 Å². The highest BCUT2D eigenvalue weighted by molar-refractivity contribution is 5.66. The highest BCUT2D eigenvalue weighted by Crippen LogP contribution is 2.43. The van der Waals surface area contributed by atoms with Crippen molar-refractivity contribution >= 4 is 5.69 Å². The van der Waals surface area contributed by atoms with E-state index in [0.717, 1.165) is 60.8 Å². The average molecular weight is 507 g/mol. The zero-order valence-corrected chi connectivity index (χ0v) is 22.8. The van der Waals surface area contributed by atoms with Crippen LogP contribution < -0.4 is 5.32 Å². The van der Waals surface area contributed by atoms with Crippen LogP contribution in [0.3, 0.4) is 0 Å². The first kappa shape index (κ1) is 26.3. The van der Waals surface area contributed by atoms with E-state index in [2.05, 4.69) is 66.0 Å². The SMILES string of the molecule is C#Cc1cccc(-c2ccc(C3(CC(C)C(=C)Nc4ccc(F)c(C)c4)CCN(CC4CC4)CC3)cc2)c1. The maximum absolute atomic E-state index is 13.8. The van der Waals surface area contributed by atoms with E-state index in [0.29, 0.717) is 5.56 Å². The Labute approximate surface area is 228 Å². The van der Waals surface area contributed by atoms with Crippen LogP contribution in [0.25, 0.3) is 11.1 Å². The topological polar surface area (TPSA) is 15.3 Å². The molecule has 2 aliphatic rings. The van der Waals surface area contributed by atoms with Crippen LogP contribution in [0.5, 0.6) is 0 Å². The molecule has 1 saturated carbocycles. The number of terminal acetylenes is 1. The minimum atomic E-state index is -0.180. The number of hydrogen-bond donors (Lipinski definition) is 1. The van der Waals surface area contributed by atoms with Crippen LogP contribution in [0.1, 0.15) is 55.7 Å². The molecule has 1 saturated heterocycles. The smallest absolute Gasteiger partial charge is 0.126 e. The molecule has 1 N–H and O–H groups in total. The molecular formula is C35H39FN2. The molecule has 2 fully saturated rings. The van der Waals surface area contributed by atoms with Gasteiger partial charge in [-0.1, -0.05) is 55.8 Å². The Morgan fingerprint density at radius 3 is 2.47 bits per heavy atom. The van der Waals surface area contributed by atoms with Crippen molar-refractivity contribution in [3.05, 3.63) is 102 Å². The van der Waals surface area contributed by atoms with Crippen molar-refractivity contribution in [2.24, 2.45) is 11.8 Å². The minimum Gasteiger partial charge on any atom is -0.359 e. The third-order valence-corrected chi connectivity index (χ3v) is 8.64. The van der Waals surface area contributed by atoms with Crippen LogP contribution in [0.15, 0.2) is 79.0 Å². The lowest BCUT2D eigenvalue weighted by Crippen LogP contribution is -2.44. The molecule has 0 amide bonds. The summed E-state index contributed by atoms with van der Waals surface area (Å²) in [6.45, 7) is 12.0. The summed E-state index contributed by atoms with van der Waals surface area (Å²) in [5, 5.41) is 3.46. The van der Waals surface area contributed by atoms with E-state index in [-0.39, 0.29) is 17.2 Å². The van der Waals surface area contributed by atoms with Crippen LogP contribution >= 0.6 is 0 Å². The zero-order valence-electron chi connectivity index (χ0n) is 22.8. The predicted molar refractivity (Wildman–Crippen MR) is 158 cm³/mol.